The highest BCUT2D eigenvalue weighted by Gasteiger charge is 2.52. The number of hydrogen-bond donors (Lipinski definition) is 2. The summed E-state index contributed by atoms with van der Waals surface area (Å²) in [6, 6.07) is 4.75. The predicted octanol–water partition coefficient (Wildman–Crippen LogP) is 2.36. The molecular formula is C22H25N3O4. The third-order valence-corrected chi connectivity index (χ3v) is 7.23. The highest BCUT2D eigenvalue weighted by Crippen LogP contribution is 2.62. The number of piperidine rings is 1. The van der Waals surface area contributed by atoms with E-state index in [-0.39, 0.29) is 24.1 Å². The number of nitrogens with one attached hydrogen (secondary N) is 2. The lowest BCUT2D eigenvalue weighted by Crippen LogP contribution is -2.52. The van der Waals surface area contributed by atoms with Crippen molar-refractivity contribution in [2.75, 3.05) is 5.32 Å². The minimum absolute atomic E-state index is 0.00981. The second kappa shape index (κ2) is 6.68. The van der Waals surface area contributed by atoms with Gasteiger partial charge in [0.1, 0.15) is 6.04 Å². The molecule has 7 heteroatoms. The molecule has 4 amide bonds. The smallest absolute Gasteiger partial charge is 0.255 e. The number of imide groups is 1. The van der Waals surface area contributed by atoms with Crippen LogP contribution in [0.15, 0.2) is 18.2 Å². The Hall–Kier alpha value is -2.70. The Balaban J connectivity index is 1.26. The summed E-state index contributed by atoms with van der Waals surface area (Å²) in [7, 11) is 0. The quantitative estimate of drug-likeness (QED) is 0.765. The van der Waals surface area contributed by atoms with Crippen LogP contribution in [0.1, 0.15) is 67.3 Å². The minimum Gasteiger partial charge on any atom is -0.326 e. The SMILES string of the molecule is O=C1CCC(N2Cc3ccc(NC(=O)CC4CCCC45CC5)cc3C2=O)C(=O)N1. The molecule has 4 aliphatic rings. The molecule has 2 aliphatic carbocycles. The van der Waals surface area contributed by atoms with Gasteiger partial charge >= 0.3 is 0 Å². The van der Waals surface area contributed by atoms with Crippen molar-refractivity contribution in [2.45, 2.75) is 64.0 Å². The molecule has 0 radical (unpaired) electrons. The zero-order valence-corrected chi connectivity index (χ0v) is 16.3. The van der Waals surface area contributed by atoms with Crippen LogP contribution in [0.3, 0.4) is 0 Å². The highest BCUT2D eigenvalue weighted by molar-refractivity contribution is 6.06. The summed E-state index contributed by atoms with van der Waals surface area (Å²) >= 11 is 0. The summed E-state index contributed by atoms with van der Waals surface area (Å²) in [5.74, 6) is -0.437. The highest BCUT2D eigenvalue weighted by atomic mass is 16.2. The average Bonchev–Trinajstić information content (AvgIpc) is 3.26. The van der Waals surface area contributed by atoms with Gasteiger partial charge in [0.25, 0.3) is 5.91 Å². The fraction of sp³-hybridized carbons (Fsp3) is 0.545. The molecule has 2 saturated carbocycles. The number of hydrogen-bond acceptors (Lipinski definition) is 4. The van der Waals surface area contributed by atoms with Crippen molar-refractivity contribution in [2.24, 2.45) is 11.3 Å². The molecule has 2 N–H and O–H groups in total. The van der Waals surface area contributed by atoms with Crippen molar-refractivity contribution in [1.82, 2.24) is 10.2 Å². The first-order chi connectivity index (χ1) is 13.9. The maximum atomic E-state index is 12.9. The molecule has 2 aliphatic heterocycles. The lowest BCUT2D eigenvalue weighted by Gasteiger charge is -2.29. The predicted molar refractivity (Wildman–Crippen MR) is 105 cm³/mol. The van der Waals surface area contributed by atoms with Crippen LogP contribution in [0.4, 0.5) is 5.69 Å². The first-order valence-electron chi connectivity index (χ1n) is 10.5. The van der Waals surface area contributed by atoms with Gasteiger partial charge < -0.3 is 10.2 Å². The van der Waals surface area contributed by atoms with Crippen LogP contribution >= 0.6 is 0 Å². The molecule has 5 rings (SSSR count). The normalized spacial score (nSPS) is 27.2. The van der Waals surface area contributed by atoms with Crippen molar-refractivity contribution >= 4 is 29.3 Å². The number of carbonyl (C=O) groups is 4. The van der Waals surface area contributed by atoms with Gasteiger partial charge in [0.2, 0.25) is 17.7 Å². The molecule has 0 bridgehead atoms. The van der Waals surface area contributed by atoms with Gasteiger partial charge in [0.05, 0.1) is 0 Å². The first kappa shape index (κ1) is 18.3. The molecular weight excluding hydrogens is 370 g/mol. The summed E-state index contributed by atoms with van der Waals surface area (Å²) in [5.41, 5.74) is 2.42. The van der Waals surface area contributed by atoms with Gasteiger partial charge in [-0.05, 0) is 61.1 Å². The van der Waals surface area contributed by atoms with Crippen molar-refractivity contribution in [3.63, 3.8) is 0 Å². The van der Waals surface area contributed by atoms with Crippen LogP contribution in [0.2, 0.25) is 0 Å². The van der Waals surface area contributed by atoms with Crippen LogP contribution in [-0.2, 0) is 20.9 Å². The number of nitrogens with zero attached hydrogens (tertiary/aromatic N) is 1. The van der Waals surface area contributed by atoms with Crippen LogP contribution in [-0.4, -0.2) is 34.6 Å². The summed E-state index contributed by atoms with van der Waals surface area (Å²) in [6.45, 7) is 0.346. The lowest BCUT2D eigenvalue weighted by atomic mass is 9.89. The second-order valence-electron chi connectivity index (χ2n) is 8.98. The van der Waals surface area contributed by atoms with Crippen molar-refractivity contribution in [3.05, 3.63) is 29.3 Å². The third-order valence-electron chi connectivity index (χ3n) is 7.23. The molecule has 152 valence electrons. The Morgan fingerprint density at radius 1 is 1.17 bits per heavy atom. The van der Waals surface area contributed by atoms with Crippen molar-refractivity contribution < 1.29 is 19.2 Å². The third kappa shape index (κ3) is 3.22. The fourth-order valence-electron chi connectivity index (χ4n) is 5.42. The molecule has 2 heterocycles. The van der Waals surface area contributed by atoms with Gasteiger partial charge in [-0.15, -0.1) is 0 Å². The van der Waals surface area contributed by atoms with E-state index in [0.29, 0.717) is 42.0 Å². The second-order valence-corrected chi connectivity index (χ2v) is 8.98. The molecule has 3 fully saturated rings. The fourth-order valence-corrected chi connectivity index (χ4v) is 5.42. The van der Waals surface area contributed by atoms with Crippen LogP contribution in [0.25, 0.3) is 0 Å². The maximum Gasteiger partial charge on any atom is 0.255 e. The summed E-state index contributed by atoms with van der Waals surface area (Å²) in [4.78, 5) is 50.5. The van der Waals surface area contributed by atoms with E-state index in [1.54, 1.807) is 6.07 Å². The molecule has 0 aromatic heterocycles. The molecule has 29 heavy (non-hydrogen) atoms. The van der Waals surface area contributed by atoms with E-state index < -0.39 is 11.9 Å². The van der Waals surface area contributed by atoms with Gasteiger partial charge in [0.15, 0.2) is 0 Å². The number of fused-ring (bicyclic) bond motifs is 1. The van der Waals surface area contributed by atoms with E-state index in [9.17, 15) is 19.2 Å². The summed E-state index contributed by atoms with van der Waals surface area (Å²) in [6.07, 6.45) is 7.26. The van der Waals surface area contributed by atoms with E-state index in [1.165, 1.54) is 30.6 Å². The number of carbonyl (C=O) groups excluding carboxylic acids is 4. The van der Waals surface area contributed by atoms with Crippen LogP contribution in [0, 0.1) is 11.3 Å². The van der Waals surface area contributed by atoms with E-state index in [4.69, 9.17) is 0 Å². The van der Waals surface area contributed by atoms with Gasteiger partial charge in [-0.1, -0.05) is 12.5 Å². The lowest BCUT2D eigenvalue weighted by molar-refractivity contribution is -0.137. The minimum atomic E-state index is -0.622. The number of amides is 4. The average molecular weight is 395 g/mol. The van der Waals surface area contributed by atoms with Gasteiger partial charge in [0, 0.05) is 30.6 Å². The van der Waals surface area contributed by atoms with Gasteiger partial charge in [-0.2, -0.15) is 0 Å². The first-order valence-corrected chi connectivity index (χ1v) is 10.5. The van der Waals surface area contributed by atoms with Crippen molar-refractivity contribution in [1.29, 1.82) is 0 Å². The number of anilines is 1. The number of benzene rings is 1. The molecule has 2 atom stereocenters. The maximum absolute atomic E-state index is 12.9. The number of rotatable bonds is 4. The van der Waals surface area contributed by atoms with E-state index in [2.05, 4.69) is 10.6 Å². The Labute approximate surface area is 169 Å². The van der Waals surface area contributed by atoms with E-state index in [0.717, 1.165) is 12.0 Å². The zero-order valence-electron chi connectivity index (χ0n) is 16.3. The van der Waals surface area contributed by atoms with Gasteiger partial charge in [-0.25, -0.2) is 0 Å². The summed E-state index contributed by atoms with van der Waals surface area (Å²) in [5, 5.41) is 5.27. The molecule has 1 saturated heterocycles. The summed E-state index contributed by atoms with van der Waals surface area (Å²) < 4.78 is 0. The monoisotopic (exact) mass is 395 g/mol. The largest absolute Gasteiger partial charge is 0.326 e. The topological polar surface area (TPSA) is 95.6 Å². The van der Waals surface area contributed by atoms with Crippen molar-refractivity contribution in [3.8, 4) is 0 Å². The molecule has 1 spiro atoms. The molecule has 2 unspecified atom stereocenters. The Bertz CT molecular complexity index is 921. The Morgan fingerprint density at radius 3 is 2.76 bits per heavy atom. The standard InChI is InChI=1S/C22H25N3O4/c26-18-6-5-17(20(28)24-18)25-12-13-3-4-15(11-16(13)21(25)29)23-19(27)10-14-2-1-7-22(14)8-9-22/h3-4,11,14,17H,1-2,5-10,12H2,(H,23,27)(H,24,26,28). The zero-order chi connectivity index (χ0) is 20.2. The van der Waals surface area contributed by atoms with Gasteiger partial charge in [-0.3, -0.25) is 24.5 Å². The van der Waals surface area contributed by atoms with E-state index >= 15 is 0 Å². The molecule has 1 aromatic rings. The van der Waals surface area contributed by atoms with E-state index in [1.807, 2.05) is 12.1 Å². The Morgan fingerprint density at radius 2 is 2.00 bits per heavy atom. The Kier molecular flexibility index (Phi) is 4.22. The van der Waals surface area contributed by atoms with Crippen LogP contribution < -0.4 is 10.6 Å². The van der Waals surface area contributed by atoms with Crippen LogP contribution in [0.5, 0.6) is 0 Å². The molecule has 1 aromatic carbocycles. The molecule has 7 nitrogen and oxygen atoms in total.